The van der Waals surface area contributed by atoms with Gasteiger partial charge in [0.1, 0.15) is 0 Å². The zero-order valence-electron chi connectivity index (χ0n) is 8.76. The maximum absolute atomic E-state index is 10.6. The molecule has 16 heavy (non-hydrogen) atoms. The number of aliphatic carboxylic acids is 1. The van der Waals surface area contributed by atoms with Crippen LogP contribution in [0.25, 0.3) is 0 Å². The van der Waals surface area contributed by atoms with Crippen molar-refractivity contribution in [2.75, 3.05) is 6.54 Å². The maximum atomic E-state index is 10.6. The Morgan fingerprint density at radius 3 is 1.81 bits per heavy atom. The van der Waals surface area contributed by atoms with Gasteiger partial charge in [0.25, 0.3) is 0 Å². The van der Waals surface area contributed by atoms with Crippen molar-refractivity contribution in [3.8, 4) is 0 Å². The van der Waals surface area contributed by atoms with Crippen LogP contribution in [-0.2, 0) is 4.79 Å². The molecule has 0 aromatic rings. The van der Waals surface area contributed by atoms with E-state index in [4.69, 9.17) is 9.90 Å². The lowest BCUT2D eigenvalue weighted by molar-refractivity contribution is -0.192. The van der Waals surface area contributed by atoms with Crippen molar-refractivity contribution in [1.29, 1.82) is 0 Å². The molecule has 0 aromatic heterocycles. The molecule has 2 fully saturated rings. The summed E-state index contributed by atoms with van der Waals surface area (Å²) in [6.45, 7) is 3.06. The summed E-state index contributed by atoms with van der Waals surface area (Å²) in [5, 5.41) is 19.9. The van der Waals surface area contributed by atoms with Gasteiger partial charge in [-0.25, -0.2) is 4.79 Å². The third-order valence-corrected chi connectivity index (χ3v) is 2.78. The van der Waals surface area contributed by atoms with E-state index in [1.54, 1.807) is 0 Å². The molecule has 2 aliphatic rings. The Morgan fingerprint density at radius 2 is 1.75 bits per heavy atom. The molecule has 7 heteroatoms. The molecular formula is C9H14F3NO3. The van der Waals surface area contributed by atoms with Crippen molar-refractivity contribution in [2.24, 2.45) is 0 Å². The van der Waals surface area contributed by atoms with Crippen LogP contribution in [0.15, 0.2) is 0 Å². The van der Waals surface area contributed by atoms with E-state index in [9.17, 15) is 18.3 Å². The second-order valence-electron chi connectivity index (χ2n) is 4.61. The lowest BCUT2D eigenvalue weighted by Gasteiger charge is -2.58. The van der Waals surface area contributed by atoms with Gasteiger partial charge in [-0.05, 0) is 32.7 Å². The van der Waals surface area contributed by atoms with E-state index in [2.05, 4.69) is 5.32 Å². The number of carbonyl (C=O) groups is 1. The number of rotatable bonds is 0. The molecule has 0 aromatic carbocycles. The summed E-state index contributed by atoms with van der Waals surface area (Å²) in [4.78, 5) is 8.90. The Bertz CT molecular complexity index is 274. The summed E-state index contributed by atoms with van der Waals surface area (Å²) in [6, 6.07) is 0. The summed E-state index contributed by atoms with van der Waals surface area (Å²) >= 11 is 0. The van der Waals surface area contributed by atoms with Crippen molar-refractivity contribution in [1.82, 2.24) is 5.32 Å². The minimum absolute atomic E-state index is 0.354. The Hall–Kier alpha value is -0.820. The van der Waals surface area contributed by atoms with E-state index in [1.165, 1.54) is 6.42 Å². The predicted octanol–water partition coefficient (Wildman–Crippen LogP) is 0.897. The Morgan fingerprint density at radius 1 is 1.38 bits per heavy atom. The average Bonchev–Trinajstić information content (AvgIpc) is 1.95. The van der Waals surface area contributed by atoms with Gasteiger partial charge < -0.3 is 15.5 Å². The SMILES string of the molecule is CC1(O)CC2(CCN2)C1.O=C(O)C(F)(F)F. The number of alkyl halides is 3. The first-order valence-electron chi connectivity index (χ1n) is 4.84. The number of nitrogens with one attached hydrogen (secondary N) is 1. The molecule has 0 unspecified atom stereocenters. The quantitative estimate of drug-likeness (QED) is 0.589. The molecule has 4 nitrogen and oxygen atoms in total. The summed E-state index contributed by atoms with van der Waals surface area (Å²) in [7, 11) is 0. The van der Waals surface area contributed by atoms with Crippen LogP contribution in [0.3, 0.4) is 0 Å². The molecule has 1 saturated heterocycles. The lowest BCUT2D eigenvalue weighted by atomic mass is 9.61. The third-order valence-electron chi connectivity index (χ3n) is 2.78. The van der Waals surface area contributed by atoms with Crippen LogP contribution < -0.4 is 5.32 Å². The number of aliphatic hydroxyl groups is 1. The Kier molecular flexibility index (Phi) is 3.22. The normalized spacial score (nSPS) is 36.8. The Labute approximate surface area is 90.4 Å². The number of carboxylic acid groups (broad SMARTS) is 1. The fourth-order valence-corrected chi connectivity index (χ4v) is 2.19. The fraction of sp³-hybridized carbons (Fsp3) is 0.889. The van der Waals surface area contributed by atoms with Crippen LogP contribution in [0.2, 0.25) is 0 Å². The molecule has 94 valence electrons. The summed E-state index contributed by atoms with van der Waals surface area (Å²) in [5.41, 5.74) is 0.0247. The highest BCUT2D eigenvalue weighted by Gasteiger charge is 2.53. The van der Waals surface area contributed by atoms with Gasteiger partial charge in [-0.3, -0.25) is 0 Å². The van der Waals surface area contributed by atoms with Crippen LogP contribution >= 0.6 is 0 Å². The van der Waals surface area contributed by atoms with Crippen molar-refractivity contribution in [3.05, 3.63) is 0 Å². The number of hydrogen-bond donors (Lipinski definition) is 3. The van der Waals surface area contributed by atoms with E-state index < -0.39 is 12.1 Å². The van der Waals surface area contributed by atoms with Gasteiger partial charge in [-0.2, -0.15) is 13.2 Å². The van der Waals surface area contributed by atoms with Gasteiger partial charge in [0.15, 0.2) is 0 Å². The third kappa shape index (κ3) is 3.08. The van der Waals surface area contributed by atoms with E-state index in [0.29, 0.717) is 5.54 Å². The standard InChI is InChI=1S/C7H13NO.C2HF3O2/c1-6(9)4-7(5-6)2-3-8-7;3-2(4,5)1(6)7/h8-9H,2-5H2,1H3;(H,6,7). The number of hydrogen-bond acceptors (Lipinski definition) is 3. The lowest BCUT2D eigenvalue weighted by Crippen LogP contribution is -2.70. The fourth-order valence-electron chi connectivity index (χ4n) is 2.19. The van der Waals surface area contributed by atoms with Gasteiger partial charge in [-0.15, -0.1) is 0 Å². The van der Waals surface area contributed by atoms with Crippen LogP contribution in [-0.4, -0.2) is 40.0 Å². The number of halogens is 3. The first kappa shape index (κ1) is 13.2. The van der Waals surface area contributed by atoms with Gasteiger partial charge in [-0.1, -0.05) is 0 Å². The van der Waals surface area contributed by atoms with Crippen molar-refractivity contribution in [3.63, 3.8) is 0 Å². The van der Waals surface area contributed by atoms with Crippen LogP contribution in [0, 0.1) is 0 Å². The molecule has 1 spiro atoms. The molecule has 2 rings (SSSR count). The Balaban J connectivity index is 0.000000168. The highest BCUT2D eigenvalue weighted by atomic mass is 19.4. The molecule has 1 heterocycles. The second-order valence-corrected chi connectivity index (χ2v) is 4.61. The molecule has 1 aliphatic heterocycles. The molecule has 0 radical (unpaired) electrons. The topological polar surface area (TPSA) is 69.6 Å². The van der Waals surface area contributed by atoms with Crippen LogP contribution in [0.5, 0.6) is 0 Å². The molecule has 0 amide bonds. The van der Waals surface area contributed by atoms with Gasteiger partial charge in [0, 0.05) is 5.54 Å². The first-order valence-corrected chi connectivity index (χ1v) is 4.84. The zero-order chi connectivity index (χ0) is 12.6. The van der Waals surface area contributed by atoms with E-state index in [0.717, 1.165) is 19.4 Å². The summed E-state index contributed by atoms with van der Waals surface area (Å²) in [5.74, 6) is -2.76. The minimum Gasteiger partial charge on any atom is -0.475 e. The van der Waals surface area contributed by atoms with E-state index in [1.807, 2.05) is 6.92 Å². The van der Waals surface area contributed by atoms with E-state index in [-0.39, 0.29) is 5.60 Å². The zero-order valence-corrected chi connectivity index (χ0v) is 8.76. The van der Waals surface area contributed by atoms with Crippen molar-refractivity contribution in [2.45, 2.75) is 43.5 Å². The van der Waals surface area contributed by atoms with Gasteiger partial charge in [0.2, 0.25) is 0 Å². The van der Waals surface area contributed by atoms with Crippen LogP contribution in [0.4, 0.5) is 13.2 Å². The predicted molar refractivity (Wildman–Crippen MR) is 48.9 cm³/mol. The molecular weight excluding hydrogens is 227 g/mol. The molecule has 0 atom stereocenters. The summed E-state index contributed by atoms with van der Waals surface area (Å²) in [6.07, 6.45) is -1.90. The highest BCUT2D eigenvalue weighted by molar-refractivity contribution is 5.73. The molecule has 0 bridgehead atoms. The van der Waals surface area contributed by atoms with Crippen molar-refractivity contribution < 1.29 is 28.2 Å². The molecule has 1 aliphatic carbocycles. The van der Waals surface area contributed by atoms with Gasteiger partial charge >= 0.3 is 12.1 Å². The number of carboxylic acids is 1. The second kappa shape index (κ2) is 3.89. The average molecular weight is 241 g/mol. The minimum atomic E-state index is -5.08. The summed E-state index contributed by atoms with van der Waals surface area (Å²) < 4.78 is 31.7. The van der Waals surface area contributed by atoms with Gasteiger partial charge in [0.05, 0.1) is 5.60 Å². The maximum Gasteiger partial charge on any atom is 0.490 e. The highest BCUT2D eigenvalue weighted by Crippen LogP contribution is 2.46. The monoisotopic (exact) mass is 241 g/mol. The smallest absolute Gasteiger partial charge is 0.475 e. The largest absolute Gasteiger partial charge is 0.490 e. The molecule has 3 N–H and O–H groups in total. The van der Waals surface area contributed by atoms with E-state index >= 15 is 0 Å². The van der Waals surface area contributed by atoms with Crippen molar-refractivity contribution >= 4 is 5.97 Å². The van der Waals surface area contributed by atoms with Crippen LogP contribution in [0.1, 0.15) is 26.2 Å². The molecule has 1 saturated carbocycles. The first-order chi connectivity index (χ1) is 7.06.